The molecule has 0 N–H and O–H groups in total. The number of carbonyl (C=O) groups excluding carboxylic acids is 1. The van der Waals surface area contributed by atoms with Gasteiger partial charge in [0, 0.05) is 4.88 Å². The summed E-state index contributed by atoms with van der Waals surface area (Å²) in [5, 5.41) is 0. The molecule has 1 heterocycles. The molecule has 0 saturated heterocycles. The molecular weight excluding hydrogens is 340 g/mol. The highest BCUT2D eigenvalue weighted by atomic mass is 79.9. The molecule has 3 nitrogen and oxygen atoms in total. The number of hydrogen-bond donors (Lipinski definition) is 0. The fraction of sp³-hybridized carbons (Fsp3) is 0.267. The predicted octanol–water partition coefficient (Wildman–Crippen LogP) is 4.59. The molecule has 106 valence electrons. The van der Waals surface area contributed by atoms with Crippen molar-refractivity contribution in [3.05, 3.63) is 38.7 Å². The normalized spacial score (nSPS) is 10.4. The summed E-state index contributed by atoms with van der Waals surface area (Å²) >= 11 is 4.94. The lowest BCUT2D eigenvalue weighted by Gasteiger charge is -2.06. The number of methoxy groups -OCH3 is 2. The number of benzene rings is 1. The largest absolute Gasteiger partial charge is 0.496 e. The van der Waals surface area contributed by atoms with Crippen LogP contribution in [0.2, 0.25) is 0 Å². The van der Waals surface area contributed by atoms with Gasteiger partial charge in [-0.15, -0.1) is 11.3 Å². The minimum absolute atomic E-state index is 0.283. The summed E-state index contributed by atoms with van der Waals surface area (Å²) in [5.41, 5.74) is 3.13. The van der Waals surface area contributed by atoms with E-state index in [4.69, 9.17) is 9.47 Å². The van der Waals surface area contributed by atoms with Crippen molar-refractivity contribution in [2.24, 2.45) is 0 Å². The van der Waals surface area contributed by atoms with Gasteiger partial charge >= 0.3 is 5.97 Å². The Morgan fingerprint density at radius 2 is 1.90 bits per heavy atom. The molecule has 0 aliphatic rings. The first kappa shape index (κ1) is 15.1. The van der Waals surface area contributed by atoms with E-state index >= 15 is 0 Å². The molecule has 0 fully saturated rings. The van der Waals surface area contributed by atoms with E-state index in [2.05, 4.69) is 15.9 Å². The molecule has 0 amide bonds. The van der Waals surface area contributed by atoms with Gasteiger partial charge in [0.1, 0.15) is 10.6 Å². The zero-order chi connectivity index (χ0) is 14.9. The summed E-state index contributed by atoms with van der Waals surface area (Å²) in [7, 11) is 3.04. The topological polar surface area (TPSA) is 35.5 Å². The third-order valence-corrected chi connectivity index (χ3v) is 5.28. The van der Waals surface area contributed by atoms with E-state index < -0.39 is 0 Å². The van der Waals surface area contributed by atoms with Crippen molar-refractivity contribution in [2.45, 2.75) is 13.8 Å². The second-order valence-electron chi connectivity index (χ2n) is 4.35. The quantitative estimate of drug-likeness (QED) is 0.756. The van der Waals surface area contributed by atoms with Crippen LogP contribution in [0.3, 0.4) is 0 Å². The molecule has 0 bridgehead atoms. The van der Waals surface area contributed by atoms with Gasteiger partial charge in [-0.1, -0.05) is 0 Å². The number of rotatable bonds is 3. The monoisotopic (exact) mass is 354 g/mol. The van der Waals surface area contributed by atoms with Gasteiger partial charge in [-0.25, -0.2) is 4.79 Å². The van der Waals surface area contributed by atoms with Crippen LogP contribution in [0.4, 0.5) is 0 Å². The first-order valence-corrected chi connectivity index (χ1v) is 7.62. The fourth-order valence-corrected chi connectivity index (χ4v) is 3.73. The van der Waals surface area contributed by atoms with Crippen molar-refractivity contribution < 1.29 is 14.3 Å². The minimum atomic E-state index is -0.283. The van der Waals surface area contributed by atoms with E-state index in [0.717, 1.165) is 31.8 Å². The Morgan fingerprint density at radius 1 is 1.20 bits per heavy atom. The molecule has 2 rings (SSSR count). The Morgan fingerprint density at radius 3 is 2.45 bits per heavy atom. The third-order valence-electron chi connectivity index (χ3n) is 3.23. The molecule has 0 saturated carbocycles. The predicted molar refractivity (Wildman–Crippen MR) is 84.8 cm³/mol. The number of halogens is 1. The molecule has 0 aliphatic heterocycles. The number of esters is 1. The molecule has 0 radical (unpaired) electrons. The molecule has 1 aromatic carbocycles. The lowest BCUT2D eigenvalue weighted by Crippen LogP contribution is -1.99. The molecule has 0 aliphatic carbocycles. The number of hydrogen-bond acceptors (Lipinski definition) is 4. The maximum absolute atomic E-state index is 11.8. The lowest BCUT2D eigenvalue weighted by atomic mass is 10.1. The van der Waals surface area contributed by atoms with Crippen LogP contribution in [0.25, 0.3) is 10.4 Å². The Kier molecular flexibility index (Phi) is 4.50. The molecule has 0 unspecified atom stereocenters. The number of carbonyl (C=O) groups is 1. The van der Waals surface area contributed by atoms with Crippen molar-refractivity contribution in [2.75, 3.05) is 14.2 Å². The highest BCUT2D eigenvalue weighted by molar-refractivity contribution is 9.10. The summed E-state index contributed by atoms with van der Waals surface area (Å²) in [4.78, 5) is 13.5. The van der Waals surface area contributed by atoms with Gasteiger partial charge in [-0.05, 0) is 64.7 Å². The Hall–Kier alpha value is -1.33. The first-order chi connectivity index (χ1) is 9.49. The Bertz CT molecular complexity index is 661. The second-order valence-corrected chi connectivity index (χ2v) is 6.23. The summed E-state index contributed by atoms with van der Waals surface area (Å²) in [6.45, 7) is 3.96. The van der Waals surface area contributed by atoms with Gasteiger partial charge in [-0.2, -0.15) is 0 Å². The average Bonchev–Trinajstić information content (AvgIpc) is 2.74. The van der Waals surface area contributed by atoms with Crippen LogP contribution in [0.15, 0.2) is 22.7 Å². The molecule has 20 heavy (non-hydrogen) atoms. The van der Waals surface area contributed by atoms with Crippen molar-refractivity contribution in [3.63, 3.8) is 0 Å². The van der Waals surface area contributed by atoms with Crippen molar-refractivity contribution in [3.8, 4) is 16.2 Å². The van der Waals surface area contributed by atoms with Crippen LogP contribution in [-0.2, 0) is 4.74 Å². The lowest BCUT2D eigenvalue weighted by molar-refractivity contribution is 0.0605. The van der Waals surface area contributed by atoms with E-state index in [1.54, 1.807) is 7.11 Å². The van der Waals surface area contributed by atoms with Gasteiger partial charge in [-0.3, -0.25) is 0 Å². The zero-order valence-corrected chi connectivity index (χ0v) is 14.1. The van der Waals surface area contributed by atoms with Crippen LogP contribution in [-0.4, -0.2) is 20.2 Å². The number of ether oxygens (including phenoxy) is 2. The van der Waals surface area contributed by atoms with Crippen molar-refractivity contribution in [1.29, 1.82) is 0 Å². The maximum atomic E-state index is 11.8. The standard InChI is InChI=1S/C15H15BrO3S/c1-8-9(2)14(15(17)19-4)20-13(8)10-5-6-12(18-3)11(16)7-10/h5-7H,1-4H3. The number of thiophene rings is 1. The van der Waals surface area contributed by atoms with E-state index in [-0.39, 0.29) is 5.97 Å². The molecule has 0 atom stereocenters. The average molecular weight is 355 g/mol. The molecular formula is C15H15BrO3S. The smallest absolute Gasteiger partial charge is 0.348 e. The first-order valence-electron chi connectivity index (χ1n) is 6.01. The summed E-state index contributed by atoms with van der Waals surface area (Å²) < 4.78 is 10.9. The third kappa shape index (κ3) is 2.60. The minimum Gasteiger partial charge on any atom is -0.496 e. The van der Waals surface area contributed by atoms with E-state index in [9.17, 15) is 4.79 Å². The fourth-order valence-electron chi connectivity index (χ4n) is 1.97. The molecule has 1 aromatic heterocycles. The summed E-state index contributed by atoms with van der Waals surface area (Å²) in [6.07, 6.45) is 0. The summed E-state index contributed by atoms with van der Waals surface area (Å²) in [5.74, 6) is 0.502. The SMILES string of the molecule is COC(=O)c1sc(-c2ccc(OC)c(Br)c2)c(C)c1C. The summed E-state index contributed by atoms with van der Waals surface area (Å²) in [6, 6.07) is 5.90. The Balaban J connectivity index is 2.53. The van der Waals surface area contributed by atoms with Crippen LogP contribution < -0.4 is 4.74 Å². The van der Waals surface area contributed by atoms with Crippen molar-refractivity contribution in [1.82, 2.24) is 0 Å². The highest BCUT2D eigenvalue weighted by Gasteiger charge is 2.19. The van der Waals surface area contributed by atoms with Crippen LogP contribution in [0, 0.1) is 13.8 Å². The van der Waals surface area contributed by atoms with E-state index in [1.807, 2.05) is 32.0 Å². The van der Waals surface area contributed by atoms with E-state index in [1.165, 1.54) is 18.4 Å². The van der Waals surface area contributed by atoms with Gasteiger partial charge in [0.25, 0.3) is 0 Å². The highest BCUT2D eigenvalue weighted by Crippen LogP contribution is 2.39. The van der Waals surface area contributed by atoms with Gasteiger partial charge in [0.15, 0.2) is 0 Å². The van der Waals surface area contributed by atoms with Gasteiger partial charge in [0.05, 0.1) is 18.7 Å². The second kappa shape index (κ2) is 5.97. The van der Waals surface area contributed by atoms with Crippen LogP contribution in [0.1, 0.15) is 20.8 Å². The molecule has 2 aromatic rings. The van der Waals surface area contributed by atoms with Crippen LogP contribution in [0.5, 0.6) is 5.75 Å². The maximum Gasteiger partial charge on any atom is 0.348 e. The molecule has 5 heteroatoms. The van der Waals surface area contributed by atoms with Gasteiger partial charge in [0.2, 0.25) is 0 Å². The van der Waals surface area contributed by atoms with Gasteiger partial charge < -0.3 is 9.47 Å². The molecule has 0 spiro atoms. The van der Waals surface area contributed by atoms with Crippen molar-refractivity contribution >= 4 is 33.2 Å². The zero-order valence-electron chi connectivity index (χ0n) is 11.7. The van der Waals surface area contributed by atoms with E-state index in [0.29, 0.717) is 4.88 Å². The Labute approximate surface area is 130 Å². The van der Waals surface area contributed by atoms with Crippen LogP contribution >= 0.6 is 27.3 Å².